The van der Waals surface area contributed by atoms with Crippen molar-refractivity contribution in [3.05, 3.63) is 16.9 Å². The molecule has 1 aliphatic rings. The highest BCUT2D eigenvalue weighted by Gasteiger charge is 2.28. The lowest BCUT2D eigenvalue weighted by Crippen LogP contribution is -2.28. The second-order valence-electron chi connectivity index (χ2n) is 4.16. The van der Waals surface area contributed by atoms with Crippen molar-refractivity contribution in [3.8, 4) is 0 Å². The molecule has 0 saturated carbocycles. The molecule has 0 spiro atoms. The summed E-state index contributed by atoms with van der Waals surface area (Å²) in [4.78, 5) is 19.8. The van der Waals surface area contributed by atoms with E-state index >= 15 is 0 Å². The van der Waals surface area contributed by atoms with Crippen molar-refractivity contribution in [3.63, 3.8) is 0 Å². The second-order valence-corrected chi connectivity index (χ2v) is 4.54. The molecule has 2 unspecified atom stereocenters. The van der Waals surface area contributed by atoms with Crippen LogP contribution < -0.4 is 5.32 Å². The van der Waals surface area contributed by atoms with Crippen LogP contribution in [0.3, 0.4) is 0 Å². The van der Waals surface area contributed by atoms with Gasteiger partial charge in [-0.05, 0) is 32.8 Å². The Balaban J connectivity index is 2.03. The van der Waals surface area contributed by atoms with Crippen molar-refractivity contribution in [1.29, 1.82) is 0 Å². The second kappa shape index (κ2) is 4.98. The molecule has 1 fully saturated rings. The van der Waals surface area contributed by atoms with Crippen molar-refractivity contribution < 1.29 is 9.53 Å². The number of carbonyl (C=O) groups excluding carboxylic acids is 1. The van der Waals surface area contributed by atoms with Gasteiger partial charge in [0.25, 0.3) is 5.91 Å². The van der Waals surface area contributed by atoms with E-state index in [9.17, 15) is 4.79 Å². The minimum Gasteiger partial charge on any atom is -0.365 e. The van der Waals surface area contributed by atoms with Gasteiger partial charge in [0.05, 0.1) is 6.10 Å². The van der Waals surface area contributed by atoms with Gasteiger partial charge in [0.15, 0.2) is 0 Å². The van der Waals surface area contributed by atoms with E-state index in [-0.39, 0.29) is 18.0 Å². The Kier molecular flexibility index (Phi) is 3.59. The molecule has 92 valence electrons. The molecule has 0 aromatic carbocycles. The number of ether oxygens (including phenoxy) is 1. The molecule has 1 saturated heterocycles. The zero-order valence-corrected chi connectivity index (χ0v) is 10.5. The first-order valence-corrected chi connectivity index (χ1v) is 5.90. The Morgan fingerprint density at radius 1 is 1.53 bits per heavy atom. The van der Waals surface area contributed by atoms with Gasteiger partial charge in [0.1, 0.15) is 11.3 Å². The molecule has 5 nitrogen and oxygen atoms in total. The van der Waals surface area contributed by atoms with Gasteiger partial charge < -0.3 is 4.74 Å². The van der Waals surface area contributed by atoms with E-state index < -0.39 is 6.10 Å². The molecular weight excluding hydrogens is 242 g/mol. The van der Waals surface area contributed by atoms with Crippen LogP contribution in [0.4, 0.5) is 5.95 Å². The number of nitrogens with one attached hydrogen (secondary N) is 1. The number of rotatable bonds is 2. The minimum atomic E-state index is -0.409. The summed E-state index contributed by atoms with van der Waals surface area (Å²) in [5, 5.41) is 2.93. The topological polar surface area (TPSA) is 64.1 Å². The highest BCUT2D eigenvalue weighted by Crippen LogP contribution is 2.20. The molecule has 0 radical (unpaired) electrons. The fourth-order valence-corrected chi connectivity index (χ4v) is 2.01. The van der Waals surface area contributed by atoms with Gasteiger partial charge in [-0.1, -0.05) is 11.6 Å². The normalized spacial score (nSPS) is 23.7. The van der Waals surface area contributed by atoms with Crippen molar-refractivity contribution in [2.75, 3.05) is 5.32 Å². The maximum absolute atomic E-state index is 11.8. The van der Waals surface area contributed by atoms with Crippen LogP contribution in [0.25, 0.3) is 0 Å². The number of anilines is 1. The van der Waals surface area contributed by atoms with E-state index in [0.29, 0.717) is 10.8 Å². The van der Waals surface area contributed by atoms with E-state index in [0.717, 1.165) is 12.8 Å². The monoisotopic (exact) mass is 255 g/mol. The molecule has 2 atom stereocenters. The Morgan fingerprint density at radius 2 is 2.29 bits per heavy atom. The lowest BCUT2D eigenvalue weighted by Gasteiger charge is -2.10. The molecule has 2 rings (SSSR count). The van der Waals surface area contributed by atoms with Gasteiger partial charge in [0, 0.05) is 5.69 Å². The Labute approximate surface area is 105 Å². The van der Waals surface area contributed by atoms with Crippen molar-refractivity contribution in [2.45, 2.75) is 38.9 Å². The predicted molar refractivity (Wildman–Crippen MR) is 64.0 cm³/mol. The molecule has 6 heteroatoms. The average molecular weight is 256 g/mol. The molecule has 0 aliphatic carbocycles. The van der Waals surface area contributed by atoms with Gasteiger partial charge >= 0.3 is 0 Å². The standard InChI is InChI=1S/C11H14ClN3O2/c1-6-5-9(12)14-11(13-6)15-10(16)8-4-3-7(2)17-8/h5,7-8H,3-4H2,1-2H3,(H,13,14,15,16). The highest BCUT2D eigenvalue weighted by molar-refractivity contribution is 6.29. The number of halogens is 1. The van der Waals surface area contributed by atoms with E-state index in [1.54, 1.807) is 13.0 Å². The first-order chi connectivity index (χ1) is 8.04. The summed E-state index contributed by atoms with van der Waals surface area (Å²) < 4.78 is 5.46. The molecular formula is C11H14ClN3O2. The number of carbonyl (C=O) groups is 1. The number of aromatic nitrogens is 2. The molecule has 17 heavy (non-hydrogen) atoms. The molecule has 1 aromatic rings. The van der Waals surface area contributed by atoms with Crippen LogP contribution in [0.2, 0.25) is 5.15 Å². The van der Waals surface area contributed by atoms with Crippen molar-refractivity contribution >= 4 is 23.5 Å². The first-order valence-electron chi connectivity index (χ1n) is 5.52. The highest BCUT2D eigenvalue weighted by atomic mass is 35.5. The van der Waals surface area contributed by atoms with Crippen molar-refractivity contribution in [1.82, 2.24) is 9.97 Å². The van der Waals surface area contributed by atoms with E-state index in [1.165, 1.54) is 0 Å². The zero-order chi connectivity index (χ0) is 12.4. The van der Waals surface area contributed by atoms with Crippen LogP contribution in [0.1, 0.15) is 25.5 Å². The quantitative estimate of drug-likeness (QED) is 0.821. The van der Waals surface area contributed by atoms with Crippen molar-refractivity contribution in [2.24, 2.45) is 0 Å². The fourth-order valence-electron chi connectivity index (χ4n) is 1.77. The molecule has 2 heterocycles. The number of hydrogen-bond acceptors (Lipinski definition) is 4. The van der Waals surface area contributed by atoms with Gasteiger partial charge in [-0.25, -0.2) is 9.97 Å². The Bertz CT molecular complexity index is 418. The summed E-state index contributed by atoms with van der Waals surface area (Å²) in [5.74, 6) is 0.0131. The number of aryl methyl sites for hydroxylation is 1. The molecule has 1 N–H and O–H groups in total. The van der Waals surface area contributed by atoms with E-state index in [4.69, 9.17) is 16.3 Å². The van der Waals surface area contributed by atoms with Crippen LogP contribution in [0.5, 0.6) is 0 Å². The maximum atomic E-state index is 11.8. The lowest BCUT2D eigenvalue weighted by molar-refractivity contribution is -0.126. The SMILES string of the molecule is Cc1cc(Cl)nc(NC(=O)C2CCC(C)O2)n1. The van der Waals surface area contributed by atoms with Crippen LogP contribution in [-0.2, 0) is 9.53 Å². The van der Waals surface area contributed by atoms with Crippen LogP contribution in [0, 0.1) is 6.92 Å². The summed E-state index contributed by atoms with van der Waals surface area (Å²) >= 11 is 5.78. The first kappa shape index (κ1) is 12.3. The molecule has 1 aliphatic heterocycles. The van der Waals surface area contributed by atoms with E-state index in [1.807, 2.05) is 6.92 Å². The molecule has 0 bridgehead atoms. The van der Waals surface area contributed by atoms with E-state index in [2.05, 4.69) is 15.3 Å². The lowest BCUT2D eigenvalue weighted by atomic mass is 10.2. The smallest absolute Gasteiger partial charge is 0.255 e. The van der Waals surface area contributed by atoms with Gasteiger partial charge in [0.2, 0.25) is 5.95 Å². The predicted octanol–water partition coefficient (Wildman–Crippen LogP) is 1.94. The summed E-state index contributed by atoms with van der Waals surface area (Å²) in [7, 11) is 0. The largest absolute Gasteiger partial charge is 0.365 e. The third-order valence-electron chi connectivity index (χ3n) is 2.58. The zero-order valence-electron chi connectivity index (χ0n) is 9.74. The summed E-state index contributed by atoms with van der Waals surface area (Å²) in [5.41, 5.74) is 0.709. The maximum Gasteiger partial charge on any atom is 0.255 e. The number of nitrogens with zero attached hydrogens (tertiary/aromatic N) is 2. The van der Waals surface area contributed by atoms with Crippen LogP contribution in [0.15, 0.2) is 6.07 Å². The minimum absolute atomic E-state index is 0.132. The van der Waals surface area contributed by atoms with Crippen LogP contribution in [-0.4, -0.2) is 28.1 Å². The Hall–Kier alpha value is -1.20. The van der Waals surface area contributed by atoms with Gasteiger partial charge in [-0.15, -0.1) is 0 Å². The van der Waals surface area contributed by atoms with Gasteiger partial charge in [-0.3, -0.25) is 10.1 Å². The number of amides is 1. The number of hydrogen-bond donors (Lipinski definition) is 1. The molecule has 1 amide bonds. The average Bonchev–Trinajstić information content (AvgIpc) is 2.63. The third kappa shape index (κ3) is 3.14. The van der Waals surface area contributed by atoms with Gasteiger partial charge in [-0.2, -0.15) is 0 Å². The fraction of sp³-hybridized carbons (Fsp3) is 0.545. The third-order valence-corrected chi connectivity index (χ3v) is 2.78. The Morgan fingerprint density at radius 3 is 2.88 bits per heavy atom. The molecule has 1 aromatic heterocycles. The summed E-state index contributed by atoms with van der Waals surface area (Å²) in [6.07, 6.45) is 1.35. The van der Waals surface area contributed by atoms with Crippen LogP contribution >= 0.6 is 11.6 Å². The summed E-state index contributed by atoms with van der Waals surface area (Å²) in [6.45, 7) is 3.74. The summed E-state index contributed by atoms with van der Waals surface area (Å²) in [6, 6.07) is 1.63.